The van der Waals surface area contributed by atoms with Gasteiger partial charge in [-0.25, -0.2) is 0 Å². The molecule has 0 aromatic carbocycles. The monoisotopic (exact) mass is 210 g/mol. The molecular weight excluding hydrogens is 188 g/mol. The summed E-state index contributed by atoms with van der Waals surface area (Å²) in [6, 6.07) is 0. The van der Waals surface area contributed by atoms with E-state index in [1.54, 1.807) is 0 Å². The summed E-state index contributed by atoms with van der Waals surface area (Å²) >= 11 is 0. The fourth-order valence-corrected chi connectivity index (χ4v) is 2.97. The maximum atomic E-state index is 5.90. The van der Waals surface area contributed by atoms with Crippen molar-refractivity contribution in [2.75, 3.05) is 19.8 Å². The normalized spacial score (nSPS) is 34.7. The van der Waals surface area contributed by atoms with Crippen molar-refractivity contribution in [2.45, 2.75) is 38.7 Å². The molecule has 3 rings (SSSR count). The first kappa shape index (κ1) is 11.2. The third kappa shape index (κ3) is 2.61. The first-order chi connectivity index (χ1) is 7.31. The number of ether oxygens (including phenoxy) is 2. The summed E-state index contributed by atoms with van der Waals surface area (Å²) in [5, 5.41) is 0. The van der Waals surface area contributed by atoms with Crippen LogP contribution in [0, 0.1) is 11.8 Å². The quantitative estimate of drug-likeness (QED) is 0.513. The van der Waals surface area contributed by atoms with Crippen molar-refractivity contribution >= 4 is 0 Å². The molecule has 86 valence electrons. The van der Waals surface area contributed by atoms with Crippen molar-refractivity contribution in [1.29, 1.82) is 0 Å². The number of hydrogen-bond donors (Lipinski definition) is 0. The van der Waals surface area contributed by atoms with Crippen LogP contribution in [0.15, 0.2) is 12.2 Å². The van der Waals surface area contributed by atoms with Gasteiger partial charge in [-0.3, -0.25) is 0 Å². The highest BCUT2D eigenvalue weighted by Gasteiger charge is 2.38. The van der Waals surface area contributed by atoms with Crippen LogP contribution in [-0.4, -0.2) is 25.9 Å². The van der Waals surface area contributed by atoms with E-state index in [0.717, 1.165) is 25.7 Å². The van der Waals surface area contributed by atoms with Crippen LogP contribution < -0.4 is 0 Å². The average Bonchev–Trinajstić information content (AvgIpc) is 2.25. The maximum absolute atomic E-state index is 5.90. The zero-order valence-corrected chi connectivity index (χ0v) is 9.71. The van der Waals surface area contributed by atoms with Crippen molar-refractivity contribution < 1.29 is 9.47 Å². The highest BCUT2D eigenvalue weighted by Crippen LogP contribution is 2.45. The van der Waals surface area contributed by atoms with Crippen LogP contribution in [0.5, 0.6) is 0 Å². The van der Waals surface area contributed by atoms with E-state index in [1.165, 1.54) is 31.3 Å². The van der Waals surface area contributed by atoms with E-state index in [-0.39, 0.29) is 0 Å². The van der Waals surface area contributed by atoms with Crippen LogP contribution in [0.1, 0.15) is 32.6 Å². The van der Waals surface area contributed by atoms with Gasteiger partial charge in [0.2, 0.25) is 0 Å². The molecule has 2 bridgehead atoms. The maximum Gasteiger partial charge on any atom is 0.0704 e. The molecule has 3 atom stereocenters. The Balaban J connectivity index is 1.75. The third-order valence-electron chi connectivity index (χ3n) is 3.74. The lowest BCUT2D eigenvalue weighted by Crippen LogP contribution is -2.39. The van der Waals surface area contributed by atoms with E-state index in [2.05, 4.69) is 6.58 Å². The van der Waals surface area contributed by atoms with Gasteiger partial charge in [0.25, 0.3) is 0 Å². The van der Waals surface area contributed by atoms with Gasteiger partial charge in [0, 0.05) is 12.5 Å². The van der Waals surface area contributed by atoms with Gasteiger partial charge in [0.1, 0.15) is 0 Å². The standard InChI is InChI=1S/C13H22O2/c1-3-14-6-7-15-13-9-11-4-5-12(13)10(2)8-11/h11-13H,2-9H2,1H3/t11-,12+,13+/m1/s1. The Labute approximate surface area is 92.6 Å². The Kier molecular flexibility index (Phi) is 3.81. The fourth-order valence-electron chi connectivity index (χ4n) is 2.97. The summed E-state index contributed by atoms with van der Waals surface area (Å²) in [5.41, 5.74) is 1.43. The highest BCUT2D eigenvalue weighted by molar-refractivity contribution is 5.12. The van der Waals surface area contributed by atoms with Crippen molar-refractivity contribution in [3.8, 4) is 0 Å². The van der Waals surface area contributed by atoms with Crippen LogP contribution in [0.25, 0.3) is 0 Å². The topological polar surface area (TPSA) is 18.5 Å². The molecule has 0 amide bonds. The third-order valence-corrected chi connectivity index (χ3v) is 3.74. The molecule has 3 saturated carbocycles. The molecule has 0 radical (unpaired) electrons. The lowest BCUT2D eigenvalue weighted by Gasteiger charge is -2.43. The van der Waals surface area contributed by atoms with Gasteiger partial charge in [-0.15, -0.1) is 0 Å². The van der Waals surface area contributed by atoms with Crippen molar-refractivity contribution in [2.24, 2.45) is 11.8 Å². The Morgan fingerprint density at radius 2 is 2.20 bits per heavy atom. The molecule has 0 aliphatic heterocycles. The van der Waals surface area contributed by atoms with Crippen LogP contribution in [-0.2, 0) is 9.47 Å². The van der Waals surface area contributed by atoms with E-state index in [9.17, 15) is 0 Å². The zero-order valence-electron chi connectivity index (χ0n) is 9.71. The molecule has 0 saturated heterocycles. The van der Waals surface area contributed by atoms with Gasteiger partial charge in [-0.2, -0.15) is 0 Å². The molecule has 0 aromatic rings. The fraction of sp³-hybridized carbons (Fsp3) is 0.846. The second kappa shape index (κ2) is 5.13. The average molecular weight is 210 g/mol. The van der Waals surface area contributed by atoms with Crippen LogP contribution in [0.4, 0.5) is 0 Å². The van der Waals surface area contributed by atoms with Crippen molar-refractivity contribution in [3.63, 3.8) is 0 Å². The lowest BCUT2D eigenvalue weighted by molar-refractivity contribution is -0.0514. The van der Waals surface area contributed by atoms with Crippen LogP contribution >= 0.6 is 0 Å². The minimum atomic E-state index is 0.436. The summed E-state index contributed by atoms with van der Waals surface area (Å²) < 4.78 is 11.2. The molecule has 3 aliphatic rings. The summed E-state index contributed by atoms with van der Waals surface area (Å²) in [6.07, 6.45) is 5.61. The van der Waals surface area contributed by atoms with Crippen molar-refractivity contribution in [1.82, 2.24) is 0 Å². The molecule has 2 nitrogen and oxygen atoms in total. The SMILES string of the molecule is C=C1C[C@H]2CC[C@@H]1[C@@H](OCCOCC)C2. The van der Waals surface area contributed by atoms with E-state index in [0.29, 0.717) is 12.0 Å². The summed E-state index contributed by atoms with van der Waals surface area (Å²) in [4.78, 5) is 0. The minimum absolute atomic E-state index is 0.436. The summed E-state index contributed by atoms with van der Waals surface area (Å²) in [6.45, 7) is 8.46. The van der Waals surface area contributed by atoms with Crippen LogP contribution in [0.3, 0.4) is 0 Å². The second-order valence-electron chi connectivity index (χ2n) is 4.75. The number of fused-ring (bicyclic) bond motifs is 3. The van der Waals surface area contributed by atoms with Gasteiger partial charge >= 0.3 is 0 Å². The molecule has 0 aromatic heterocycles. The van der Waals surface area contributed by atoms with Crippen LogP contribution in [0.2, 0.25) is 0 Å². The van der Waals surface area contributed by atoms with E-state index < -0.39 is 0 Å². The van der Waals surface area contributed by atoms with Gasteiger partial charge in [-0.1, -0.05) is 12.2 Å². The molecule has 15 heavy (non-hydrogen) atoms. The van der Waals surface area contributed by atoms with Gasteiger partial charge < -0.3 is 9.47 Å². The number of hydrogen-bond acceptors (Lipinski definition) is 2. The smallest absolute Gasteiger partial charge is 0.0704 e. The molecule has 0 spiro atoms. The van der Waals surface area contributed by atoms with Gasteiger partial charge in [0.15, 0.2) is 0 Å². The highest BCUT2D eigenvalue weighted by atomic mass is 16.5. The molecule has 0 N–H and O–H groups in total. The summed E-state index contributed by atoms with van der Waals surface area (Å²) in [7, 11) is 0. The molecule has 2 heteroatoms. The van der Waals surface area contributed by atoms with Gasteiger partial charge in [0.05, 0.1) is 19.3 Å². The Hall–Kier alpha value is -0.340. The Bertz CT molecular complexity index is 225. The minimum Gasteiger partial charge on any atom is -0.379 e. The first-order valence-electron chi connectivity index (χ1n) is 6.18. The van der Waals surface area contributed by atoms with E-state index >= 15 is 0 Å². The lowest BCUT2D eigenvalue weighted by atomic mass is 9.67. The van der Waals surface area contributed by atoms with Crippen molar-refractivity contribution in [3.05, 3.63) is 12.2 Å². The molecule has 3 fully saturated rings. The van der Waals surface area contributed by atoms with E-state index in [1.807, 2.05) is 6.92 Å². The molecule has 0 heterocycles. The Morgan fingerprint density at radius 3 is 2.87 bits per heavy atom. The predicted octanol–water partition coefficient (Wildman–Crippen LogP) is 2.78. The second-order valence-corrected chi connectivity index (χ2v) is 4.75. The first-order valence-corrected chi connectivity index (χ1v) is 6.18. The van der Waals surface area contributed by atoms with Gasteiger partial charge in [-0.05, 0) is 38.5 Å². The Morgan fingerprint density at radius 1 is 1.33 bits per heavy atom. The zero-order chi connectivity index (χ0) is 10.7. The summed E-state index contributed by atoms with van der Waals surface area (Å²) in [5.74, 6) is 1.48. The number of rotatable bonds is 5. The predicted molar refractivity (Wildman–Crippen MR) is 60.8 cm³/mol. The molecular formula is C13H22O2. The van der Waals surface area contributed by atoms with E-state index in [4.69, 9.17) is 9.47 Å². The molecule has 3 aliphatic carbocycles. The molecule has 0 unspecified atom stereocenters. The largest absolute Gasteiger partial charge is 0.379 e.